The van der Waals surface area contributed by atoms with Crippen molar-refractivity contribution in [2.24, 2.45) is 5.73 Å². The number of unbranched alkanes of at least 4 members (excludes halogenated alkanes) is 1. The maximum atomic E-state index is 5.55. The number of nitrogens with one attached hydrogen (secondary N) is 2. The molecule has 1 aliphatic heterocycles. The van der Waals surface area contributed by atoms with E-state index in [1.54, 1.807) is 7.11 Å². The molecule has 190 valence electrons. The standard InChI is InChI=1S/C11H25N3OS.C4H11N.C3H8.3C2H6/c1-10(2)6-9(12-8-13-16)7-11(3,4)14(10)15-5;1-2-3-4-5;1-3-2;3*1-2/h9,12-13,16H,6-8H2,1-5H3;2-5H2,1H3;3H2,1-2H3;3*1-2H3. The van der Waals surface area contributed by atoms with Crippen molar-refractivity contribution in [3.63, 3.8) is 0 Å². The Morgan fingerprint density at radius 3 is 1.50 bits per heavy atom. The molecule has 6 heteroatoms. The van der Waals surface area contributed by atoms with E-state index in [0.717, 1.165) is 26.1 Å². The van der Waals surface area contributed by atoms with Crippen LogP contribution in [0.25, 0.3) is 0 Å². The smallest absolute Gasteiger partial charge is 0.0575 e. The van der Waals surface area contributed by atoms with Crippen LogP contribution in [-0.4, -0.2) is 42.5 Å². The van der Waals surface area contributed by atoms with Gasteiger partial charge in [0.1, 0.15) is 0 Å². The van der Waals surface area contributed by atoms with Crippen LogP contribution in [0, 0.1) is 0 Å². The average molecular weight is 455 g/mol. The summed E-state index contributed by atoms with van der Waals surface area (Å²) in [5, 5.41) is 5.57. The summed E-state index contributed by atoms with van der Waals surface area (Å²) in [6.45, 7) is 28.8. The quantitative estimate of drug-likeness (QED) is 0.263. The minimum Gasteiger partial charge on any atom is -0.330 e. The van der Waals surface area contributed by atoms with Gasteiger partial charge in [0.2, 0.25) is 0 Å². The maximum Gasteiger partial charge on any atom is 0.0575 e. The molecule has 0 aromatic carbocycles. The molecule has 0 unspecified atom stereocenters. The predicted molar refractivity (Wildman–Crippen MR) is 144 cm³/mol. The first kappa shape index (κ1) is 40.5. The van der Waals surface area contributed by atoms with E-state index in [0.29, 0.717) is 6.04 Å². The lowest BCUT2D eigenvalue weighted by atomic mass is 9.79. The molecule has 0 aliphatic carbocycles. The summed E-state index contributed by atoms with van der Waals surface area (Å²) in [5.41, 5.74) is 5.23. The van der Waals surface area contributed by atoms with Crippen LogP contribution in [0.3, 0.4) is 0 Å². The van der Waals surface area contributed by atoms with E-state index in [1.165, 1.54) is 19.3 Å². The molecule has 0 atom stereocenters. The van der Waals surface area contributed by atoms with Crippen LogP contribution in [0.15, 0.2) is 0 Å². The lowest BCUT2D eigenvalue weighted by molar-refractivity contribution is -0.267. The summed E-state index contributed by atoms with van der Waals surface area (Å²) in [6.07, 6.45) is 5.77. The Labute approximate surface area is 198 Å². The van der Waals surface area contributed by atoms with E-state index in [-0.39, 0.29) is 11.1 Å². The number of nitrogens with zero attached hydrogens (tertiary/aromatic N) is 1. The Hall–Kier alpha value is 0.150. The molecule has 1 fully saturated rings. The topological polar surface area (TPSA) is 62.6 Å². The zero-order valence-corrected chi connectivity index (χ0v) is 24.3. The number of thiol groups is 1. The van der Waals surface area contributed by atoms with E-state index in [4.69, 9.17) is 10.6 Å². The summed E-state index contributed by atoms with van der Waals surface area (Å²) in [4.78, 5) is 5.55. The van der Waals surface area contributed by atoms with Gasteiger partial charge in [-0.15, -0.1) is 0 Å². The first-order valence-corrected chi connectivity index (χ1v) is 12.8. The van der Waals surface area contributed by atoms with Crippen molar-refractivity contribution in [1.29, 1.82) is 0 Å². The SMILES string of the molecule is CC.CC.CC.CCC.CCCCN.CON1C(C)(C)CC(NCNS)CC1(C)C. The molecule has 1 aliphatic rings. The van der Waals surface area contributed by atoms with Gasteiger partial charge < -0.3 is 15.9 Å². The van der Waals surface area contributed by atoms with E-state index >= 15 is 0 Å². The van der Waals surface area contributed by atoms with Crippen molar-refractivity contribution in [2.45, 2.75) is 139 Å². The van der Waals surface area contributed by atoms with Crippen LogP contribution in [0.5, 0.6) is 0 Å². The Balaban J connectivity index is -0.000000124. The second kappa shape index (κ2) is 29.1. The third kappa shape index (κ3) is 22.8. The van der Waals surface area contributed by atoms with Crippen molar-refractivity contribution in [3.8, 4) is 0 Å². The number of rotatable bonds is 6. The van der Waals surface area contributed by atoms with Crippen LogP contribution in [0.2, 0.25) is 0 Å². The van der Waals surface area contributed by atoms with Gasteiger partial charge >= 0.3 is 0 Å². The molecule has 1 rings (SSSR count). The largest absolute Gasteiger partial charge is 0.330 e. The summed E-state index contributed by atoms with van der Waals surface area (Å²) < 4.78 is 2.83. The molecule has 0 radical (unpaired) electrons. The van der Waals surface area contributed by atoms with E-state index in [1.807, 2.05) is 41.5 Å². The normalized spacial score (nSPS) is 16.4. The Morgan fingerprint density at radius 1 is 0.933 bits per heavy atom. The molecule has 5 nitrogen and oxygen atoms in total. The fourth-order valence-corrected chi connectivity index (χ4v) is 3.39. The summed E-state index contributed by atoms with van der Waals surface area (Å²) in [7, 11) is 1.76. The molecule has 0 saturated carbocycles. The minimum absolute atomic E-state index is 0.0464. The van der Waals surface area contributed by atoms with Crippen LogP contribution < -0.4 is 15.8 Å². The monoisotopic (exact) mass is 454 g/mol. The number of piperidine rings is 1. The molecule has 1 heterocycles. The lowest BCUT2D eigenvalue weighted by Gasteiger charge is -2.53. The molecule has 4 N–H and O–H groups in total. The van der Waals surface area contributed by atoms with Gasteiger partial charge in [-0.25, -0.2) is 0 Å². The molecular weight excluding hydrogens is 392 g/mol. The Bertz CT molecular complexity index is 270. The zero-order chi connectivity index (χ0) is 25.2. The number of hydrogen-bond acceptors (Lipinski definition) is 6. The summed E-state index contributed by atoms with van der Waals surface area (Å²) in [5.74, 6) is 0. The molecule has 1 saturated heterocycles. The van der Waals surface area contributed by atoms with Crippen LogP contribution in [0.4, 0.5) is 0 Å². The van der Waals surface area contributed by atoms with Gasteiger partial charge in [0.05, 0.1) is 13.8 Å². The number of nitrogens with two attached hydrogens (primary N) is 1. The third-order valence-electron chi connectivity index (χ3n) is 3.80. The highest BCUT2D eigenvalue weighted by Gasteiger charge is 2.45. The van der Waals surface area contributed by atoms with Crippen LogP contribution in [-0.2, 0) is 4.84 Å². The van der Waals surface area contributed by atoms with Crippen molar-refractivity contribution >= 4 is 12.8 Å². The molecule has 30 heavy (non-hydrogen) atoms. The highest BCUT2D eigenvalue weighted by Crippen LogP contribution is 2.38. The molecule has 0 aromatic heterocycles. The predicted octanol–water partition coefficient (Wildman–Crippen LogP) is 6.79. The second-order valence-electron chi connectivity index (χ2n) is 7.60. The molecule has 0 amide bonds. The van der Waals surface area contributed by atoms with Gasteiger partial charge in [-0.05, 0) is 53.5 Å². The zero-order valence-electron chi connectivity index (χ0n) is 23.4. The highest BCUT2D eigenvalue weighted by molar-refractivity contribution is 7.78. The van der Waals surface area contributed by atoms with Gasteiger partial charge in [-0.3, -0.25) is 4.72 Å². The van der Waals surface area contributed by atoms with Crippen molar-refractivity contribution in [3.05, 3.63) is 0 Å². The van der Waals surface area contributed by atoms with Gasteiger partial charge in [-0.1, -0.05) is 88.0 Å². The Morgan fingerprint density at radius 2 is 1.30 bits per heavy atom. The first-order valence-electron chi connectivity index (χ1n) is 12.3. The van der Waals surface area contributed by atoms with Crippen LogP contribution in [0.1, 0.15) is 122 Å². The average Bonchev–Trinajstić information content (AvgIpc) is 2.71. The minimum atomic E-state index is 0.0464. The van der Waals surface area contributed by atoms with Gasteiger partial charge in [0.15, 0.2) is 0 Å². The molecular formula is C24H62N4OS. The van der Waals surface area contributed by atoms with Gasteiger partial charge in [0, 0.05) is 17.1 Å². The maximum absolute atomic E-state index is 5.55. The van der Waals surface area contributed by atoms with Crippen molar-refractivity contribution in [1.82, 2.24) is 15.1 Å². The summed E-state index contributed by atoms with van der Waals surface area (Å²) >= 11 is 4.00. The third-order valence-corrected chi connectivity index (χ3v) is 3.96. The van der Waals surface area contributed by atoms with E-state index in [2.05, 4.69) is 76.4 Å². The van der Waals surface area contributed by atoms with Gasteiger partial charge in [0.25, 0.3) is 0 Å². The molecule has 0 aromatic rings. The first-order chi connectivity index (χ1) is 14.2. The van der Waals surface area contributed by atoms with E-state index < -0.39 is 0 Å². The lowest BCUT2D eigenvalue weighted by Crippen LogP contribution is -2.63. The highest BCUT2D eigenvalue weighted by atomic mass is 32.1. The molecule has 0 spiro atoms. The van der Waals surface area contributed by atoms with Crippen LogP contribution >= 0.6 is 12.8 Å². The Kier molecular flexibility index (Phi) is 39.4. The van der Waals surface area contributed by atoms with Crippen molar-refractivity contribution in [2.75, 3.05) is 20.3 Å². The fraction of sp³-hybridized carbons (Fsp3) is 1.00. The number of hydrogen-bond donors (Lipinski definition) is 4. The summed E-state index contributed by atoms with van der Waals surface area (Å²) in [6, 6.07) is 0.496. The van der Waals surface area contributed by atoms with Gasteiger partial charge in [-0.2, -0.15) is 5.06 Å². The molecule has 0 bridgehead atoms. The fourth-order valence-electron chi connectivity index (χ4n) is 3.30. The van der Waals surface area contributed by atoms with Crippen molar-refractivity contribution < 1.29 is 4.84 Å². The second-order valence-corrected chi connectivity index (χ2v) is 7.91. The number of hydroxylamine groups is 2. The van der Waals surface area contributed by atoms with E-state index in [9.17, 15) is 0 Å².